The quantitative estimate of drug-likeness (QED) is 0.651. The molecule has 2 N–H and O–H groups in total. The number of hydrogen-bond donors (Lipinski definition) is 2. The molecular weight excluding hydrogens is 154 g/mol. The van der Waals surface area contributed by atoms with Crippen molar-refractivity contribution in [1.82, 2.24) is 5.32 Å². The van der Waals surface area contributed by atoms with Gasteiger partial charge in [0.1, 0.15) is 0 Å². The van der Waals surface area contributed by atoms with Crippen molar-refractivity contribution >= 4 is 0 Å². The minimum absolute atomic E-state index is 0.0474. The van der Waals surface area contributed by atoms with Crippen LogP contribution in [0.4, 0.5) is 0 Å². The van der Waals surface area contributed by atoms with E-state index in [1.54, 1.807) is 0 Å². The number of aliphatic hydroxyl groups excluding tert-OH is 1. The standard InChI is InChI=1S/C9H19NO2/c1-2-5-10-9(8-11)3-6-12-7-4-9/h10-11H,2-8H2,1H3. The lowest BCUT2D eigenvalue weighted by Crippen LogP contribution is -2.52. The zero-order chi connectivity index (χ0) is 8.86. The smallest absolute Gasteiger partial charge is 0.0615 e. The van der Waals surface area contributed by atoms with Crippen LogP contribution in [0, 0.1) is 0 Å². The fraction of sp³-hybridized carbons (Fsp3) is 1.00. The van der Waals surface area contributed by atoms with Crippen LogP contribution in [0.25, 0.3) is 0 Å². The fourth-order valence-electron chi connectivity index (χ4n) is 1.54. The predicted octanol–water partition coefficient (Wildman–Crippen LogP) is 0.527. The Hall–Kier alpha value is -0.120. The van der Waals surface area contributed by atoms with Crippen LogP contribution < -0.4 is 5.32 Å². The molecule has 0 spiro atoms. The van der Waals surface area contributed by atoms with E-state index < -0.39 is 0 Å². The van der Waals surface area contributed by atoms with Gasteiger partial charge in [0.25, 0.3) is 0 Å². The van der Waals surface area contributed by atoms with Crippen LogP contribution in [0.5, 0.6) is 0 Å². The summed E-state index contributed by atoms with van der Waals surface area (Å²) in [5.41, 5.74) is -0.0474. The van der Waals surface area contributed by atoms with Crippen molar-refractivity contribution < 1.29 is 9.84 Å². The molecule has 0 unspecified atom stereocenters. The lowest BCUT2D eigenvalue weighted by molar-refractivity contribution is 0.0122. The first-order valence-electron chi connectivity index (χ1n) is 4.76. The Labute approximate surface area is 74.1 Å². The number of hydrogen-bond acceptors (Lipinski definition) is 3. The van der Waals surface area contributed by atoms with Crippen molar-refractivity contribution in [3.8, 4) is 0 Å². The van der Waals surface area contributed by atoms with Crippen molar-refractivity contribution in [2.24, 2.45) is 0 Å². The van der Waals surface area contributed by atoms with E-state index in [0.29, 0.717) is 0 Å². The molecule has 0 atom stereocenters. The maximum absolute atomic E-state index is 9.25. The van der Waals surface area contributed by atoms with Crippen molar-refractivity contribution in [3.63, 3.8) is 0 Å². The van der Waals surface area contributed by atoms with Crippen LogP contribution in [-0.4, -0.2) is 37.0 Å². The van der Waals surface area contributed by atoms with E-state index in [-0.39, 0.29) is 12.1 Å². The minimum Gasteiger partial charge on any atom is -0.394 e. The van der Waals surface area contributed by atoms with Gasteiger partial charge in [-0.2, -0.15) is 0 Å². The first-order chi connectivity index (χ1) is 5.83. The van der Waals surface area contributed by atoms with Gasteiger partial charge < -0.3 is 15.2 Å². The molecule has 0 amide bonds. The largest absolute Gasteiger partial charge is 0.394 e. The van der Waals surface area contributed by atoms with Gasteiger partial charge in [-0.15, -0.1) is 0 Å². The molecule has 1 rings (SSSR count). The predicted molar refractivity (Wildman–Crippen MR) is 48.2 cm³/mol. The Bertz CT molecular complexity index is 122. The molecule has 1 aliphatic rings. The fourth-order valence-corrected chi connectivity index (χ4v) is 1.54. The van der Waals surface area contributed by atoms with Gasteiger partial charge in [0.2, 0.25) is 0 Å². The Morgan fingerprint density at radius 3 is 2.58 bits per heavy atom. The van der Waals surface area contributed by atoms with Gasteiger partial charge in [-0.3, -0.25) is 0 Å². The number of ether oxygens (including phenoxy) is 1. The molecule has 0 aromatic heterocycles. The monoisotopic (exact) mass is 173 g/mol. The third kappa shape index (κ3) is 2.44. The lowest BCUT2D eigenvalue weighted by atomic mass is 9.91. The maximum atomic E-state index is 9.25. The molecule has 1 heterocycles. The third-order valence-corrected chi connectivity index (χ3v) is 2.50. The van der Waals surface area contributed by atoms with Crippen LogP contribution in [-0.2, 0) is 4.74 Å². The first-order valence-corrected chi connectivity index (χ1v) is 4.76. The summed E-state index contributed by atoms with van der Waals surface area (Å²) in [6.45, 7) is 4.91. The van der Waals surface area contributed by atoms with Crippen molar-refractivity contribution in [2.45, 2.75) is 31.7 Å². The number of nitrogens with one attached hydrogen (secondary N) is 1. The molecule has 0 aromatic rings. The van der Waals surface area contributed by atoms with Crippen LogP contribution in [0.2, 0.25) is 0 Å². The van der Waals surface area contributed by atoms with E-state index in [1.165, 1.54) is 0 Å². The van der Waals surface area contributed by atoms with Crippen LogP contribution in [0.3, 0.4) is 0 Å². The van der Waals surface area contributed by atoms with Crippen molar-refractivity contribution in [1.29, 1.82) is 0 Å². The molecule has 1 fully saturated rings. The molecule has 0 radical (unpaired) electrons. The second kappa shape index (κ2) is 4.80. The summed E-state index contributed by atoms with van der Waals surface area (Å²) in [6, 6.07) is 0. The highest BCUT2D eigenvalue weighted by atomic mass is 16.5. The molecule has 0 aromatic carbocycles. The van der Waals surface area contributed by atoms with Gasteiger partial charge in [0, 0.05) is 18.8 Å². The zero-order valence-corrected chi connectivity index (χ0v) is 7.81. The second-order valence-electron chi connectivity index (χ2n) is 3.48. The summed E-state index contributed by atoms with van der Waals surface area (Å²) >= 11 is 0. The Kier molecular flexibility index (Phi) is 3.98. The van der Waals surface area contributed by atoms with Gasteiger partial charge in [0.15, 0.2) is 0 Å². The van der Waals surface area contributed by atoms with Gasteiger partial charge in [-0.1, -0.05) is 6.92 Å². The molecule has 12 heavy (non-hydrogen) atoms. The molecule has 0 bridgehead atoms. The average molecular weight is 173 g/mol. The highest BCUT2D eigenvalue weighted by molar-refractivity contribution is 4.89. The van der Waals surface area contributed by atoms with Gasteiger partial charge in [0.05, 0.1) is 6.61 Å². The third-order valence-electron chi connectivity index (χ3n) is 2.50. The average Bonchev–Trinajstić information content (AvgIpc) is 2.16. The van der Waals surface area contributed by atoms with E-state index in [2.05, 4.69) is 12.2 Å². The Balaban J connectivity index is 2.37. The topological polar surface area (TPSA) is 41.5 Å². The molecule has 1 aliphatic heterocycles. The summed E-state index contributed by atoms with van der Waals surface area (Å²) in [5, 5.41) is 12.7. The van der Waals surface area contributed by atoms with Gasteiger partial charge in [-0.05, 0) is 25.8 Å². The van der Waals surface area contributed by atoms with Crippen LogP contribution >= 0.6 is 0 Å². The molecule has 1 saturated heterocycles. The molecule has 3 heteroatoms. The van der Waals surface area contributed by atoms with Crippen LogP contribution in [0.1, 0.15) is 26.2 Å². The van der Waals surface area contributed by atoms with E-state index >= 15 is 0 Å². The Morgan fingerprint density at radius 1 is 1.42 bits per heavy atom. The molecule has 0 saturated carbocycles. The van der Waals surface area contributed by atoms with E-state index in [4.69, 9.17) is 4.74 Å². The summed E-state index contributed by atoms with van der Waals surface area (Å²) in [7, 11) is 0. The first kappa shape index (κ1) is 9.96. The molecular formula is C9H19NO2. The maximum Gasteiger partial charge on any atom is 0.0615 e. The van der Waals surface area contributed by atoms with Gasteiger partial charge in [-0.25, -0.2) is 0 Å². The molecule has 72 valence electrons. The number of rotatable bonds is 4. The highest BCUT2D eigenvalue weighted by Crippen LogP contribution is 2.19. The minimum atomic E-state index is -0.0474. The van der Waals surface area contributed by atoms with Crippen LogP contribution in [0.15, 0.2) is 0 Å². The van der Waals surface area contributed by atoms with E-state index in [1.807, 2.05) is 0 Å². The Morgan fingerprint density at radius 2 is 2.08 bits per heavy atom. The summed E-state index contributed by atoms with van der Waals surface area (Å²) < 4.78 is 5.26. The second-order valence-corrected chi connectivity index (χ2v) is 3.48. The van der Waals surface area contributed by atoms with E-state index in [9.17, 15) is 5.11 Å². The summed E-state index contributed by atoms with van der Waals surface area (Å²) in [4.78, 5) is 0. The van der Waals surface area contributed by atoms with Crippen molar-refractivity contribution in [3.05, 3.63) is 0 Å². The lowest BCUT2D eigenvalue weighted by Gasteiger charge is -2.36. The summed E-state index contributed by atoms with van der Waals surface area (Å²) in [6.07, 6.45) is 2.98. The van der Waals surface area contributed by atoms with E-state index in [0.717, 1.165) is 39.0 Å². The molecule has 3 nitrogen and oxygen atoms in total. The SMILES string of the molecule is CCCNC1(CO)CCOCC1. The summed E-state index contributed by atoms with van der Waals surface area (Å²) in [5.74, 6) is 0. The highest BCUT2D eigenvalue weighted by Gasteiger charge is 2.30. The number of aliphatic hydroxyl groups is 1. The van der Waals surface area contributed by atoms with Crippen molar-refractivity contribution in [2.75, 3.05) is 26.4 Å². The normalized spacial score (nSPS) is 22.5. The molecule has 0 aliphatic carbocycles. The van der Waals surface area contributed by atoms with Gasteiger partial charge >= 0.3 is 0 Å². The zero-order valence-electron chi connectivity index (χ0n) is 7.81.